The highest BCUT2D eigenvalue weighted by molar-refractivity contribution is 8.00. The van der Waals surface area contributed by atoms with Crippen molar-refractivity contribution in [1.29, 1.82) is 0 Å². The molecule has 1 saturated carbocycles. The lowest BCUT2D eigenvalue weighted by molar-refractivity contribution is -0.149. The van der Waals surface area contributed by atoms with Gasteiger partial charge >= 0.3 is 5.97 Å². The Kier molecular flexibility index (Phi) is 8.07. The van der Waals surface area contributed by atoms with E-state index in [4.69, 9.17) is 10.5 Å². The zero-order chi connectivity index (χ0) is 17.5. The standard InChI is InChI=1S/C18H31NO4S/c1-12-5-3-2-4-6-13-9-14(20)10-15(13)18(22)16(24-8-7-19)11-17(21)23-12/h4,6,12-16,18,20,22H,2-3,5,7-11,19H2,1H3/b6-4+/t12-,13+,14-,15+,16+,18+/m0/s1. The van der Waals surface area contributed by atoms with E-state index in [1.165, 1.54) is 11.8 Å². The number of carbonyl (C=O) groups excluding carboxylic acids is 1. The van der Waals surface area contributed by atoms with Gasteiger partial charge in [0.05, 0.1) is 24.7 Å². The Bertz CT molecular complexity index is 431. The van der Waals surface area contributed by atoms with Crippen molar-refractivity contribution in [3.63, 3.8) is 0 Å². The van der Waals surface area contributed by atoms with E-state index < -0.39 is 6.10 Å². The van der Waals surface area contributed by atoms with Gasteiger partial charge in [0.25, 0.3) is 0 Å². The summed E-state index contributed by atoms with van der Waals surface area (Å²) in [5, 5.41) is 20.7. The number of hydrogen-bond donors (Lipinski definition) is 3. The van der Waals surface area contributed by atoms with Crippen LogP contribution in [0.5, 0.6) is 0 Å². The average Bonchev–Trinajstić information content (AvgIpc) is 2.90. The topological polar surface area (TPSA) is 92.8 Å². The van der Waals surface area contributed by atoms with Crippen LogP contribution < -0.4 is 5.73 Å². The van der Waals surface area contributed by atoms with Gasteiger partial charge in [-0.25, -0.2) is 0 Å². The number of allylic oxidation sites excluding steroid dienone is 2. The smallest absolute Gasteiger partial charge is 0.307 e. The second-order valence-corrected chi connectivity index (χ2v) is 8.35. The average molecular weight is 358 g/mol. The molecule has 24 heavy (non-hydrogen) atoms. The fourth-order valence-corrected chi connectivity index (χ4v) is 4.84. The molecule has 0 aromatic rings. The van der Waals surface area contributed by atoms with Crippen molar-refractivity contribution in [3.05, 3.63) is 12.2 Å². The monoisotopic (exact) mass is 357 g/mol. The third-order valence-electron chi connectivity index (χ3n) is 4.97. The Morgan fingerprint density at radius 2 is 2.17 bits per heavy atom. The number of ether oxygens (including phenoxy) is 1. The number of esters is 1. The molecule has 0 saturated heterocycles. The molecule has 1 heterocycles. The summed E-state index contributed by atoms with van der Waals surface area (Å²) < 4.78 is 5.49. The molecular formula is C18H31NO4S. The maximum atomic E-state index is 12.2. The second-order valence-electron chi connectivity index (χ2n) is 7.01. The van der Waals surface area contributed by atoms with Gasteiger partial charge in [-0.3, -0.25) is 4.79 Å². The molecule has 0 spiro atoms. The highest BCUT2D eigenvalue weighted by Crippen LogP contribution is 2.39. The molecule has 6 atom stereocenters. The Morgan fingerprint density at radius 3 is 2.92 bits per heavy atom. The van der Waals surface area contributed by atoms with Gasteiger partial charge in [0.15, 0.2) is 0 Å². The lowest BCUT2D eigenvalue weighted by Crippen LogP contribution is -2.36. The minimum Gasteiger partial charge on any atom is -0.463 e. The number of aliphatic hydroxyl groups excluding tert-OH is 2. The highest BCUT2D eigenvalue weighted by atomic mass is 32.2. The number of nitrogens with two attached hydrogens (primary N) is 1. The van der Waals surface area contributed by atoms with Crippen molar-refractivity contribution >= 4 is 17.7 Å². The first-order valence-corrected chi connectivity index (χ1v) is 10.1. The third-order valence-corrected chi connectivity index (χ3v) is 6.32. The van der Waals surface area contributed by atoms with Crippen LogP contribution >= 0.6 is 11.8 Å². The maximum absolute atomic E-state index is 12.2. The lowest BCUT2D eigenvalue weighted by Gasteiger charge is -2.29. The Morgan fingerprint density at radius 1 is 1.38 bits per heavy atom. The van der Waals surface area contributed by atoms with Crippen molar-refractivity contribution in [1.82, 2.24) is 0 Å². The van der Waals surface area contributed by atoms with E-state index in [-0.39, 0.29) is 41.7 Å². The van der Waals surface area contributed by atoms with E-state index in [1.54, 1.807) is 0 Å². The number of fused-ring (bicyclic) bond motifs is 1. The largest absolute Gasteiger partial charge is 0.463 e. The zero-order valence-electron chi connectivity index (χ0n) is 14.5. The van der Waals surface area contributed by atoms with E-state index in [0.717, 1.165) is 19.3 Å². The molecule has 0 bridgehead atoms. The minimum absolute atomic E-state index is 0.0162. The third kappa shape index (κ3) is 5.76. The van der Waals surface area contributed by atoms with E-state index >= 15 is 0 Å². The Hall–Kier alpha value is -0.560. The van der Waals surface area contributed by atoms with Gasteiger partial charge < -0.3 is 20.7 Å². The van der Waals surface area contributed by atoms with Crippen LogP contribution in [0.25, 0.3) is 0 Å². The predicted molar refractivity (Wildman–Crippen MR) is 96.7 cm³/mol. The number of rotatable bonds is 3. The Balaban J connectivity index is 2.16. The normalized spacial score (nSPS) is 39.9. The molecule has 2 rings (SSSR count). The fraction of sp³-hybridized carbons (Fsp3) is 0.833. The van der Waals surface area contributed by atoms with Crippen molar-refractivity contribution in [2.45, 2.75) is 69.0 Å². The van der Waals surface area contributed by atoms with Crippen molar-refractivity contribution in [2.24, 2.45) is 17.6 Å². The first-order valence-electron chi connectivity index (χ1n) is 9.05. The zero-order valence-corrected chi connectivity index (χ0v) is 15.3. The fourth-order valence-electron chi connectivity index (χ4n) is 3.75. The molecule has 5 nitrogen and oxygen atoms in total. The van der Waals surface area contributed by atoms with E-state index in [9.17, 15) is 15.0 Å². The molecule has 0 aromatic carbocycles. The van der Waals surface area contributed by atoms with E-state index in [2.05, 4.69) is 12.2 Å². The van der Waals surface area contributed by atoms with Crippen LogP contribution in [-0.2, 0) is 9.53 Å². The van der Waals surface area contributed by atoms with Crippen LogP contribution in [0, 0.1) is 11.8 Å². The molecule has 1 aliphatic carbocycles. The molecule has 6 heteroatoms. The SMILES string of the molecule is C[C@H]1CCC/C=C/[C@@H]2C[C@H](O)C[C@H]2[C@@H](O)[C@H](SCCN)CC(=O)O1. The second kappa shape index (κ2) is 9.80. The molecule has 2 aliphatic rings. The van der Waals surface area contributed by atoms with Crippen molar-refractivity contribution in [3.8, 4) is 0 Å². The molecule has 0 aromatic heterocycles. The molecule has 138 valence electrons. The van der Waals surface area contributed by atoms with Crippen LogP contribution in [0.4, 0.5) is 0 Å². The first-order chi connectivity index (χ1) is 11.5. The highest BCUT2D eigenvalue weighted by Gasteiger charge is 2.40. The summed E-state index contributed by atoms with van der Waals surface area (Å²) >= 11 is 1.53. The van der Waals surface area contributed by atoms with Crippen LogP contribution in [0.15, 0.2) is 12.2 Å². The van der Waals surface area contributed by atoms with Crippen molar-refractivity contribution in [2.75, 3.05) is 12.3 Å². The molecule has 0 radical (unpaired) electrons. The van der Waals surface area contributed by atoms with Gasteiger partial charge in [-0.05, 0) is 50.9 Å². The molecule has 0 unspecified atom stereocenters. The van der Waals surface area contributed by atoms with Gasteiger partial charge in [0.1, 0.15) is 0 Å². The predicted octanol–water partition coefficient (Wildman–Crippen LogP) is 1.86. The van der Waals surface area contributed by atoms with E-state index in [1.807, 2.05) is 6.92 Å². The summed E-state index contributed by atoms with van der Waals surface area (Å²) in [7, 11) is 0. The van der Waals surface area contributed by atoms with Gasteiger partial charge in [-0.2, -0.15) is 11.8 Å². The molecule has 1 fully saturated rings. The Labute approximate surface area is 149 Å². The summed E-state index contributed by atoms with van der Waals surface area (Å²) in [4.78, 5) is 12.2. The van der Waals surface area contributed by atoms with Crippen LogP contribution in [-0.4, -0.2) is 52.0 Å². The van der Waals surface area contributed by atoms with Crippen LogP contribution in [0.2, 0.25) is 0 Å². The minimum atomic E-state index is -0.642. The van der Waals surface area contributed by atoms with Crippen molar-refractivity contribution < 1.29 is 19.7 Å². The molecule has 1 aliphatic heterocycles. The number of cyclic esters (lactones) is 1. The first kappa shape index (κ1) is 19.8. The summed E-state index contributed by atoms with van der Waals surface area (Å²) in [5.74, 6) is 0.599. The number of thioether (sulfide) groups is 1. The van der Waals surface area contributed by atoms with Crippen LogP contribution in [0.3, 0.4) is 0 Å². The summed E-state index contributed by atoms with van der Waals surface area (Å²) in [6.07, 6.45) is 7.41. The number of carbonyl (C=O) groups is 1. The molecule has 4 N–H and O–H groups in total. The van der Waals surface area contributed by atoms with Gasteiger partial charge in [0, 0.05) is 17.5 Å². The van der Waals surface area contributed by atoms with E-state index in [0.29, 0.717) is 25.1 Å². The van der Waals surface area contributed by atoms with Gasteiger partial charge in [0.2, 0.25) is 0 Å². The molecular weight excluding hydrogens is 326 g/mol. The molecule has 0 amide bonds. The maximum Gasteiger partial charge on any atom is 0.307 e. The summed E-state index contributed by atoms with van der Waals surface area (Å²) in [6.45, 7) is 2.43. The number of aliphatic hydroxyl groups is 2. The summed E-state index contributed by atoms with van der Waals surface area (Å²) in [5.41, 5.74) is 5.60. The quantitative estimate of drug-likeness (QED) is 0.527. The number of hydrogen-bond acceptors (Lipinski definition) is 6. The van der Waals surface area contributed by atoms with Gasteiger partial charge in [-0.15, -0.1) is 0 Å². The summed E-state index contributed by atoms with van der Waals surface area (Å²) in [6, 6.07) is 0. The lowest BCUT2D eigenvalue weighted by atomic mass is 9.87. The van der Waals surface area contributed by atoms with Gasteiger partial charge in [-0.1, -0.05) is 12.2 Å². The van der Waals surface area contributed by atoms with Crippen LogP contribution in [0.1, 0.15) is 45.4 Å².